The van der Waals surface area contributed by atoms with Crippen LogP contribution in [0, 0.1) is 12.7 Å². The molecule has 0 aliphatic rings. The molecule has 0 unspecified atom stereocenters. The summed E-state index contributed by atoms with van der Waals surface area (Å²) in [6.45, 7) is 2.14. The SMILES string of the molecule is Cc1nc(CNCC(=O)Nc2ccc(F)cc2)no1. The van der Waals surface area contributed by atoms with Gasteiger partial charge in [-0.15, -0.1) is 0 Å². The van der Waals surface area contributed by atoms with E-state index in [2.05, 4.69) is 20.8 Å². The second-order valence-electron chi connectivity index (χ2n) is 3.89. The van der Waals surface area contributed by atoms with Gasteiger partial charge in [-0.2, -0.15) is 4.98 Å². The van der Waals surface area contributed by atoms with Crippen molar-refractivity contribution in [2.24, 2.45) is 0 Å². The van der Waals surface area contributed by atoms with Gasteiger partial charge in [0.25, 0.3) is 0 Å². The second kappa shape index (κ2) is 6.05. The Hall–Kier alpha value is -2.28. The molecule has 2 N–H and O–H groups in total. The van der Waals surface area contributed by atoms with Gasteiger partial charge in [0.05, 0.1) is 13.1 Å². The van der Waals surface area contributed by atoms with Crippen LogP contribution in [0.1, 0.15) is 11.7 Å². The Morgan fingerprint density at radius 2 is 2.11 bits per heavy atom. The van der Waals surface area contributed by atoms with Crippen molar-refractivity contribution in [3.8, 4) is 0 Å². The first-order valence-corrected chi connectivity index (χ1v) is 5.69. The van der Waals surface area contributed by atoms with E-state index in [0.29, 0.717) is 23.9 Å². The Balaban J connectivity index is 1.74. The number of hydrogen-bond donors (Lipinski definition) is 2. The van der Waals surface area contributed by atoms with E-state index < -0.39 is 0 Å². The fraction of sp³-hybridized carbons (Fsp3) is 0.250. The maximum absolute atomic E-state index is 12.7. The number of nitrogens with one attached hydrogen (secondary N) is 2. The van der Waals surface area contributed by atoms with Crippen molar-refractivity contribution in [1.82, 2.24) is 15.5 Å². The third-order valence-corrected chi connectivity index (χ3v) is 2.27. The molecule has 0 saturated carbocycles. The van der Waals surface area contributed by atoms with Gasteiger partial charge >= 0.3 is 0 Å². The number of nitrogens with zero attached hydrogens (tertiary/aromatic N) is 2. The minimum Gasteiger partial charge on any atom is -0.340 e. The first-order valence-electron chi connectivity index (χ1n) is 5.69. The molecular weight excluding hydrogens is 251 g/mol. The first-order chi connectivity index (χ1) is 9.13. The average molecular weight is 264 g/mol. The lowest BCUT2D eigenvalue weighted by molar-refractivity contribution is -0.115. The zero-order chi connectivity index (χ0) is 13.7. The fourth-order valence-electron chi connectivity index (χ4n) is 1.44. The maximum Gasteiger partial charge on any atom is 0.238 e. The standard InChI is InChI=1S/C12H13FN4O2/c1-8-15-11(17-19-8)6-14-7-12(18)16-10-4-2-9(13)3-5-10/h2-5,14H,6-7H2,1H3,(H,16,18). The van der Waals surface area contributed by atoms with E-state index in [1.807, 2.05) is 0 Å². The molecule has 2 rings (SSSR count). The van der Waals surface area contributed by atoms with Crippen molar-refractivity contribution in [3.63, 3.8) is 0 Å². The van der Waals surface area contributed by atoms with E-state index in [0.717, 1.165) is 0 Å². The van der Waals surface area contributed by atoms with Crippen LogP contribution in [0.5, 0.6) is 0 Å². The minimum absolute atomic E-state index is 0.102. The van der Waals surface area contributed by atoms with Crippen LogP contribution in [0.3, 0.4) is 0 Å². The third kappa shape index (κ3) is 4.14. The highest BCUT2D eigenvalue weighted by Crippen LogP contribution is 2.07. The van der Waals surface area contributed by atoms with Crippen molar-refractivity contribution in [2.75, 3.05) is 11.9 Å². The van der Waals surface area contributed by atoms with Crippen LogP contribution in [-0.2, 0) is 11.3 Å². The fourth-order valence-corrected chi connectivity index (χ4v) is 1.44. The topological polar surface area (TPSA) is 80.0 Å². The van der Waals surface area contributed by atoms with Gasteiger partial charge in [-0.25, -0.2) is 4.39 Å². The molecule has 6 nitrogen and oxygen atoms in total. The monoisotopic (exact) mass is 264 g/mol. The molecular formula is C12H13FN4O2. The molecule has 2 aromatic rings. The quantitative estimate of drug-likeness (QED) is 0.849. The van der Waals surface area contributed by atoms with Crippen LogP contribution < -0.4 is 10.6 Å². The van der Waals surface area contributed by atoms with Crippen LogP contribution in [0.25, 0.3) is 0 Å². The Morgan fingerprint density at radius 1 is 1.37 bits per heavy atom. The highest BCUT2D eigenvalue weighted by Gasteiger charge is 2.05. The molecule has 100 valence electrons. The number of aryl methyl sites for hydroxylation is 1. The number of benzene rings is 1. The van der Waals surface area contributed by atoms with Gasteiger partial charge in [-0.05, 0) is 24.3 Å². The van der Waals surface area contributed by atoms with Crippen molar-refractivity contribution < 1.29 is 13.7 Å². The molecule has 0 aliphatic carbocycles. The Kier molecular flexibility index (Phi) is 4.19. The first kappa shape index (κ1) is 13.2. The van der Waals surface area contributed by atoms with Crippen LogP contribution in [-0.4, -0.2) is 22.6 Å². The second-order valence-corrected chi connectivity index (χ2v) is 3.89. The summed E-state index contributed by atoms with van der Waals surface area (Å²) in [6.07, 6.45) is 0. The number of aromatic nitrogens is 2. The van der Waals surface area contributed by atoms with E-state index in [9.17, 15) is 9.18 Å². The Labute approximate surface area is 109 Å². The number of carbonyl (C=O) groups is 1. The zero-order valence-corrected chi connectivity index (χ0v) is 10.3. The Bertz CT molecular complexity index is 553. The van der Waals surface area contributed by atoms with Gasteiger partial charge in [0.2, 0.25) is 11.8 Å². The van der Waals surface area contributed by atoms with Crippen LogP contribution in [0.4, 0.5) is 10.1 Å². The van der Waals surface area contributed by atoms with Crippen molar-refractivity contribution >= 4 is 11.6 Å². The molecule has 0 radical (unpaired) electrons. The predicted molar refractivity (Wildman–Crippen MR) is 65.8 cm³/mol. The van der Waals surface area contributed by atoms with E-state index in [1.54, 1.807) is 6.92 Å². The highest BCUT2D eigenvalue weighted by molar-refractivity contribution is 5.92. The molecule has 1 aromatic heterocycles. The molecule has 0 spiro atoms. The largest absolute Gasteiger partial charge is 0.340 e. The predicted octanol–water partition coefficient (Wildman–Crippen LogP) is 1.25. The Morgan fingerprint density at radius 3 is 2.74 bits per heavy atom. The number of rotatable bonds is 5. The van der Waals surface area contributed by atoms with Crippen molar-refractivity contribution in [3.05, 3.63) is 41.8 Å². The third-order valence-electron chi connectivity index (χ3n) is 2.27. The van der Waals surface area contributed by atoms with Gasteiger partial charge in [0.1, 0.15) is 5.82 Å². The molecule has 1 amide bonds. The number of carbonyl (C=O) groups excluding carboxylic acids is 1. The van der Waals surface area contributed by atoms with Gasteiger partial charge in [0, 0.05) is 12.6 Å². The summed E-state index contributed by atoms with van der Waals surface area (Å²) in [5, 5.41) is 9.19. The summed E-state index contributed by atoms with van der Waals surface area (Å²) in [4.78, 5) is 15.5. The number of amides is 1. The number of anilines is 1. The van der Waals surface area contributed by atoms with E-state index in [-0.39, 0.29) is 18.3 Å². The van der Waals surface area contributed by atoms with E-state index in [1.165, 1.54) is 24.3 Å². The number of halogens is 1. The average Bonchev–Trinajstić information content (AvgIpc) is 2.78. The van der Waals surface area contributed by atoms with Gasteiger partial charge in [0.15, 0.2) is 5.82 Å². The highest BCUT2D eigenvalue weighted by atomic mass is 19.1. The molecule has 19 heavy (non-hydrogen) atoms. The molecule has 0 saturated heterocycles. The van der Waals surface area contributed by atoms with Crippen LogP contribution >= 0.6 is 0 Å². The summed E-state index contributed by atoms with van der Waals surface area (Å²) in [6, 6.07) is 5.56. The van der Waals surface area contributed by atoms with E-state index in [4.69, 9.17) is 4.52 Å². The smallest absolute Gasteiger partial charge is 0.238 e. The molecule has 1 aromatic carbocycles. The summed E-state index contributed by atoms with van der Waals surface area (Å²) in [5.74, 6) is 0.398. The molecule has 0 bridgehead atoms. The normalized spacial score (nSPS) is 10.4. The zero-order valence-electron chi connectivity index (χ0n) is 10.3. The molecule has 0 atom stereocenters. The van der Waals surface area contributed by atoms with Crippen molar-refractivity contribution in [2.45, 2.75) is 13.5 Å². The molecule has 0 aliphatic heterocycles. The van der Waals surface area contributed by atoms with Gasteiger partial charge < -0.3 is 15.2 Å². The molecule has 0 fully saturated rings. The lowest BCUT2D eigenvalue weighted by Crippen LogP contribution is -2.28. The minimum atomic E-state index is -0.344. The number of hydrogen-bond acceptors (Lipinski definition) is 5. The lowest BCUT2D eigenvalue weighted by atomic mass is 10.3. The molecule has 1 heterocycles. The maximum atomic E-state index is 12.7. The summed E-state index contributed by atoms with van der Waals surface area (Å²) < 4.78 is 17.5. The van der Waals surface area contributed by atoms with Gasteiger partial charge in [-0.3, -0.25) is 4.79 Å². The summed E-state index contributed by atoms with van der Waals surface area (Å²) >= 11 is 0. The lowest BCUT2D eigenvalue weighted by Gasteiger charge is -2.05. The van der Waals surface area contributed by atoms with Gasteiger partial charge in [-0.1, -0.05) is 5.16 Å². The molecule has 7 heteroatoms. The summed E-state index contributed by atoms with van der Waals surface area (Å²) in [7, 11) is 0. The van der Waals surface area contributed by atoms with Crippen LogP contribution in [0.2, 0.25) is 0 Å². The van der Waals surface area contributed by atoms with Crippen molar-refractivity contribution in [1.29, 1.82) is 0 Å². The van der Waals surface area contributed by atoms with Crippen LogP contribution in [0.15, 0.2) is 28.8 Å². The summed E-state index contributed by atoms with van der Waals surface area (Å²) in [5.41, 5.74) is 0.545. The van der Waals surface area contributed by atoms with E-state index >= 15 is 0 Å².